The van der Waals surface area contributed by atoms with E-state index in [1.807, 2.05) is 58.0 Å². The average molecular weight is 417 g/mol. The maximum Gasteiger partial charge on any atom is 0.261 e. The molecule has 2 aromatic rings. The molecule has 0 radical (unpaired) electrons. The number of carbonyl (C=O) groups excluding carboxylic acids is 2. The number of rotatable bonds is 8. The summed E-state index contributed by atoms with van der Waals surface area (Å²) in [5, 5.41) is 3.49. The second-order valence-corrected chi connectivity index (χ2v) is 8.04. The number of nitrogens with one attached hydrogen (secondary N) is 1. The van der Waals surface area contributed by atoms with E-state index < -0.39 is 6.04 Å². The third-order valence-corrected chi connectivity index (χ3v) is 4.67. The fourth-order valence-electron chi connectivity index (χ4n) is 3.02. The van der Waals surface area contributed by atoms with Gasteiger partial charge >= 0.3 is 0 Å². The van der Waals surface area contributed by atoms with Crippen molar-refractivity contribution in [2.24, 2.45) is 0 Å². The Hall–Kier alpha value is -2.53. The second kappa shape index (κ2) is 10.3. The predicted molar refractivity (Wildman–Crippen MR) is 116 cm³/mol. The molecule has 2 amide bonds. The lowest BCUT2D eigenvalue weighted by atomic mass is 10.1. The number of aryl methyl sites for hydroxylation is 2. The molecule has 1 unspecified atom stereocenters. The quantitative estimate of drug-likeness (QED) is 0.698. The van der Waals surface area contributed by atoms with Gasteiger partial charge in [-0.25, -0.2) is 0 Å². The van der Waals surface area contributed by atoms with E-state index in [1.165, 1.54) is 4.90 Å². The Morgan fingerprint density at radius 2 is 1.62 bits per heavy atom. The van der Waals surface area contributed by atoms with Crippen LogP contribution in [0.15, 0.2) is 42.5 Å². The third kappa shape index (κ3) is 7.09. The Labute approximate surface area is 178 Å². The Kier molecular flexibility index (Phi) is 8.09. The number of benzene rings is 2. The molecule has 1 N–H and O–H groups in total. The normalized spacial score (nSPS) is 11.8. The van der Waals surface area contributed by atoms with Gasteiger partial charge in [-0.3, -0.25) is 9.59 Å². The van der Waals surface area contributed by atoms with Crippen molar-refractivity contribution in [3.8, 4) is 5.75 Å². The first-order chi connectivity index (χ1) is 13.7. The van der Waals surface area contributed by atoms with Crippen molar-refractivity contribution in [3.05, 3.63) is 64.2 Å². The molecule has 0 fully saturated rings. The molecule has 2 rings (SSSR count). The van der Waals surface area contributed by atoms with Crippen LogP contribution < -0.4 is 10.1 Å². The molecule has 0 saturated carbocycles. The molecule has 6 heteroatoms. The van der Waals surface area contributed by atoms with Crippen LogP contribution in [-0.4, -0.2) is 35.4 Å². The van der Waals surface area contributed by atoms with Crippen LogP contribution in [0.4, 0.5) is 0 Å². The van der Waals surface area contributed by atoms with E-state index in [-0.39, 0.29) is 24.5 Å². The van der Waals surface area contributed by atoms with Gasteiger partial charge in [0.25, 0.3) is 5.91 Å². The fraction of sp³-hybridized carbons (Fsp3) is 0.391. The van der Waals surface area contributed by atoms with Crippen molar-refractivity contribution >= 4 is 23.4 Å². The Bertz CT molecular complexity index is 829. The van der Waals surface area contributed by atoms with Crippen LogP contribution in [0.2, 0.25) is 5.02 Å². The monoisotopic (exact) mass is 416 g/mol. The topological polar surface area (TPSA) is 58.6 Å². The van der Waals surface area contributed by atoms with Gasteiger partial charge in [-0.2, -0.15) is 0 Å². The highest BCUT2D eigenvalue weighted by Crippen LogP contribution is 2.18. The molecule has 0 bridgehead atoms. The average Bonchev–Trinajstić information content (AvgIpc) is 2.63. The molecule has 0 aromatic heterocycles. The van der Waals surface area contributed by atoms with Crippen molar-refractivity contribution in [3.63, 3.8) is 0 Å². The van der Waals surface area contributed by atoms with Gasteiger partial charge in [0.15, 0.2) is 6.61 Å². The number of halogens is 1. The fourth-order valence-corrected chi connectivity index (χ4v) is 3.14. The minimum Gasteiger partial charge on any atom is -0.484 e. The first kappa shape index (κ1) is 22.8. The first-order valence-corrected chi connectivity index (χ1v) is 10.1. The number of nitrogens with zero attached hydrogens (tertiary/aromatic N) is 1. The zero-order valence-electron chi connectivity index (χ0n) is 17.7. The summed E-state index contributed by atoms with van der Waals surface area (Å²) in [7, 11) is 0. The Morgan fingerprint density at radius 1 is 1.03 bits per heavy atom. The summed E-state index contributed by atoms with van der Waals surface area (Å²) in [6.07, 6.45) is 0. The highest BCUT2D eigenvalue weighted by molar-refractivity contribution is 6.30. The highest BCUT2D eigenvalue weighted by atomic mass is 35.5. The van der Waals surface area contributed by atoms with Gasteiger partial charge in [-0.05, 0) is 75.6 Å². The number of hydrogen-bond donors (Lipinski definition) is 1. The lowest BCUT2D eigenvalue weighted by Gasteiger charge is -2.29. The number of ether oxygens (including phenoxy) is 1. The lowest BCUT2D eigenvalue weighted by Crippen LogP contribution is -2.50. The molecule has 156 valence electrons. The van der Waals surface area contributed by atoms with Crippen molar-refractivity contribution in [2.45, 2.75) is 53.2 Å². The van der Waals surface area contributed by atoms with Gasteiger partial charge < -0.3 is 15.0 Å². The summed E-state index contributed by atoms with van der Waals surface area (Å²) in [4.78, 5) is 27.1. The second-order valence-electron chi connectivity index (χ2n) is 7.60. The van der Waals surface area contributed by atoms with E-state index in [0.717, 1.165) is 16.7 Å². The van der Waals surface area contributed by atoms with Crippen LogP contribution in [0.3, 0.4) is 0 Å². The molecule has 5 nitrogen and oxygen atoms in total. The van der Waals surface area contributed by atoms with Crippen LogP contribution in [0, 0.1) is 13.8 Å². The number of amides is 2. The molecular weight excluding hydrogens is 388 g/mol. The van der Waals surface area contributed by atoms with E-state index >= 15 is 0 Å². The number of carbonyl (C=O) groups is 2. The summed E-state index contributed by atoms with van der Waals surface area (Å²) < 4.78 is 5.73. The highest BCUT2D eigenvalue weighted by Gasteiger charge is 2.26. The van der Waals surface area contributed by atoms with E-state index in [4.69, 9.17) is 16.3 Å². The van der Waals surface area contributed by atoms with Crippen LogP contribution in [0.1, 0.15) is 37.5 Å². The summed E-state index contributed by atoms with van der Waals surface area (Å²) in [6.45, 7) is 9.61. The van der Waals surface area contributed by atoms with Crippen LogP contribution in [0.25, 0.3) is 0 Å². The van der Waals surface area contributed by atoms with Crippen LogP contribution >= 0.6 is 11.6 Å². The molecule has 29 heavy (non-hydrogen) atoms. The SMILES string of the molecule is Cc1cc(C)cc(OCC(=O)N(Cc2ccc(Cl)cc2)C(C)C(=O)NC(C)C)c1. The van der Waals surface area contributed by atoms with E-state index in [9.17, 15) is 9.59 Å². The van der Waals surface area contributed by atoms with Crippen molar-refractivity contribution in [1.82, 2.24) is 10.2 Å². The minimum absolute atomic E-state index is 0.0102. The molecule has 0 heterocycles. The van der Waals surface area contributed by atoms with Gasteiger partial charge in [-0.1, -0.05) is 29.8 Å². The van der Waals surface area contributed by atoms with E-state index in [2.05, 4.69) is 5.32 Å². The summed E-state index contributed by atoms with van der Waals surface area (Å²) in [6, 6.07) is 12.4. The van der Waals surface area contributed by atoms with Crippen LogP contribution in [-0.2, 0) is 16.1 Å². The maximum atomic E-state index is 13.0. The largest absolute Gasteiger partial charge is 0.484 e. The zero-order chi connectivity index (χ0) is 21.6. The molecule has 0 spiro atoms. The minimum atomic E-state index is -0.636. The third-order valence-electron chi connectivity index (χ3n) is 4.42. The molecule has 0 aliphatic heterocycles. The molecule has 2 aromatic carbocycles. The lowest BCUT2D eigenvalue weighted by molar-refractivity contribution is -0.142. The summed E-state index contributed by atoms with van der Waals surface area (Å²) >= 11 is 5.96. The van der Waals surface area contributed by atoms with Crippen LogP contribution in [0.5, 0.6) is 5.75 Å². The standard InChI is InChI=1S/C23H29ClN2O3/c1-15(2)25-23(28)18(5)26(13-19-6-8-20(24)9-7-19)22(27)14-29-21-11-16(3)10-17(4)12-21/h6-12,15,18H,13-14H2,1-5H3,(H,25,28). The first-order valence-electron chi connectivity index (χ1n) is 9.71. The number of hydrogen-bond acceptors (Lipinski definition) is 3. The molecule has 0 aliphatic carbocycles. The summed E-state index contributed by atoms with van der Waals surface area (Å²) in [5.74, 6) is 0.181. The zero-order valence-corrected chi connectivity index (χ0v) is 18.4. The van der Waals surface area contributed by atoms with Gasteiger partial charge in [0.1, 0.15) is 11.8 Å². The maximum absolute atomic E-state index is 13.0. The Morgan fingerprint density at radius 3 is 2.17 bits per heavy atom. The summed E-state index contributed by atoms with van der Waals surface area (Å²) in [5.41, 5.74) is 3.02. The smallest absolute Gasteiger partial charge is 0.261 e. The molecule has 0 aliphatic rings. The van der Waals surface area contributed by atoms with Crippen molar-refractivity contribution < 1.29 is 14.3 Å². The van der Waals surface area contributed by atoms with Crippen molar-refractivity contribution in [2.75, 3.05) is 6.61 Å². The van der Waals surface area contributed by atoms with Gasteiger partial charge in [0.05, 0.1) is 0 Å². The Balaban J connectivity index is 2.16. The molecule has 0 saturated heterocycles. The van der Waals surface area contributed by atoms with E-state index in [0.29, 0.717) is 17.3 Å². The van der Waals surface area contributed by atoms with Gasteiger partial charge in [-0.15, -0.1) is 0 Å². The predicted octanol–water partition coefficient (Wildman–Crippen LogP) is 4.28. The van der Waals surface area contributed by atoms with E-state index in [1.54, 1.807) is 19.1 Å². The molecular formula is C23H29ClN2O3. The molecule has 1 atom stereocenters. The van der Waals surface area contributed by atoms with Crippen molar-refractivity contribution in [1.29, 1.82) is 0 Å². The van der Waals surface area contributed by atoms with Gasteiger partial charge in [0.2, 0.25) is 5.91 Å². The van der Waals surface area contributed by atoms with Gasteiger partial charge in [0, 0.05) is 17.6 Å².